The van der Waals surface area contributed by atoms with Crippen molar-refractivity contribution in [1.82, 2.24) is 9.47 Å². The quantitative estimate of drug-likeness (QED) is 0.886. The molecule has 0 radical (unpaired) electrons. The van der Waals surface area contributed by atoms with Crippen LogP contribution < -0.4 is 0 Å². The topological polar surface area (TPSA) is 45.5 Å². The number of aromatic nitrogens is 1. The normalized spacial score (nSPS) is 29.8. The van der Waals surface area contributed by atoms with Gasteiger partial charge >= 0.3 is 0 Å². The molecule has 1 aliphatic carbocycles. The summed E-state index contributed by atoms with van der Waals surface area (Å²) in [5, 5.41) is 10.4. The minimum Gasteiger partial charge on any atom is -0.388 e. The van der Waals surface area contributed by atoms with E-state index in [0.717, 1.165) is 18.5 Å². The Labute approximate surface area is 114 Å². The van der Waals surface area contributed by atoms with Gasteiger partial charge in [-0.15, -0.1) is 0 Å². The number of carbonyl (C=O) groups excluding carboxylic acids is 1. The molecular weight excluding hydrogens is 240 g/mol. The summed E-state index contributed by atoms with van der Waals surface area (Å²) in [5.74, 6) is 0.0442. The zero-order chi connectivity index (χ0) is 13.8. The molecule has 104 valence electrons. The molecule has 1 saturated carbocycles. The van der Waals surface area contributed by atoms with Crippen LogP contribution in [0.4, 0.5) is 0 Å². The molecule has 1 amide bonds. The zero-order valence-corrected chi connectivity index (χ0v) is 11.9. The first kappa shape index (κ1) is 12.7. The van der Waals surface area contributed by atoms with Gasteiger partial charge in [0.05, 0.1) is 12.1 Å². The molecule has 1 aromatic rings. The smallest absolute Gasteiger partial charge is 0.270 e. The average Bonchev–Trinajstić information content (AvgIpc) is 2.98. The largest absolute Gasteiger partial charge is 0.388 e. The van der Waals surface area contributed by atoms with Gasteiger partial charge in [0.2, 0.25) is 0 Å². The van der Waals surface area contributed by atoms with Gasteiger partial charge in [-0.05, 0) is 31.9 Å². The van der Waals surface area contributed by atoms with Gasteiger partial charge in [0, 0.05) is 24.2 Å². The van der Waals surface area contributed by atoms with Crippen molar-refractivity contribution in [2.75, 3.05) is 13.1 Å². The second-order valence-corrected chi connectivity index (χ2v) is 6.85. The van der Waals surface area contributed by atoms with Crippen LogP contribution in [0.25, 0.3) is 0 Å². The lowest BCUT2D eigenvalue weighted by Crippen LogP contribution is -2.40. The third-order valence-electron chi connectivity index (χ3n) is 4.77. The summed E-state index contributed by atoms with van der Waals surface area (Å²) >= 11 is 0. The Kier molecular flexibility index (Phi) is 2.58. The molecule has 2 heterocycles. The molecule has 1 saturated heterocycles. The number of carbonyl (C=O) groups is 1. The molecule has 0 bridgehead atoms. The number of aliphatic hydroxyl groups is 1. The summed E-state index contributed by atoms with van der Waals surface area (Å²) in [6.45, 7) is 6.87. The fraction of sp³-hybridized carbons (Fsp3) is 0.667. The van der Waals surface area contributed by atoms with Gasteiger partial charge < -0.3 is 14.6 Å². The van der Waals surface area contributed by atoms with Crippen molar-refractivity contribution >= 4 is 5.91 Å². The van der Waals surface area contributed by atoms with Crippen molar-refractivity contribution in [2.24, 2.45) is 5.41 Å². The first-order valence-corrected chi connectivity index (χ1v) is 7.00. The second-order valence-electron chi connectivity index (χ2n) is 6.85. The Bertz CT molecular complexity index is 496. The standard InChI is InChI=1S/C15H22N2O2/c1-14(2)9-16(10-15(14,3)19)13(18)12-5-4-8-17(12)11-6-7-11/h4-5,8,11,19H,6-7,9-10H2,1-3H3/t15-/m1/s1. The van der Waals surface area contributed by atoms with Gasteiger partial charge in [-0.3, -0.25) is 4.79 Å². The fourth-order valence-corrected chi connectivity index (χ4v) is 2.84. The minimum absolute atomic E-state index is 0.0442. The maximum atomic E-state index is 12.6. The van der Waals surface area contributed by atoms with Crippen LogP contribution in [0.1, 0.15) is 50.1 Å². The lowest BCUT2D eigenvalue weighted by molar-refractivity contribution is -0.0108. The van der Waals surface area contributed by atoms with Crippen LogP contribution in [-0.4, -0.2) is 39.2 Å². The summed E-state index contributed by atoms with van der Waals surface area (Å²) in [5.41, 5.74) is -0.324. The molecule has 1 N–H and O–H groups in total. The summed E-state index contributed by atoms with van der Waals surface area (Å²) in [4.78, 5) is 14.4. The van der Waals surface area contributed by atoms with Gasteiger partial charge in [-0.2, -0.15) is 0 Å². The highest BCUT2D eigenvalue weighted by molar-refractivity contribution is 5.93. The maximum absolute atomic E-state index is 12.6. The Morgan fingerprint density at radius 3 is 2.53 bits per heavy atom. The van der Waals surface area contributed by atoms with E-state index in [2.05, 4.69) is 4.57 Å². The Balaban J connectivity index is 1.84. The average molecular weight is 262 g/mol. The number of nitrogens with zero attached hydrogens (tertiary/aromatic N) is 2. The van der Waals surface area contributed by atoms with Gasteiger partial charge in [0.1, 0.15) is 5.69 Å². The first-order valence-electron chi connectivity index (χ1n) is 7.00. The van der Waals surface area contributed by atoms with Crippen molar-refractivity contribution in [3.05, 3.63) is 24.0 Å². The number of likely N-dealkylation sites (tertiary alicyclic amines) is 1. The Hall–Kier alpha value is -1.29. The van der Waals surface area contributed by atoms with Crippen molar-refractivity contribution in [1.29, 1.82) is 0 Å². The predicted octanol–water partition coefficient (Wildman–Crippen LogP) is 2.06. The predicted molar refractivity (Wildman–Crippen MR) is 73.0 cm³/mol. The zero-order valence-electron chi connectivity index (χ0n) is 11.9. The monoisotopic (exact) mass is 262 g/mol. The van der Waals surface area contributed by atoms with E-state index in [1.165, 1.54) is 0 Å². The fourth-order valence-electron chi connectivity index (χ4n) is 2.84. The minimum atomic E-state index is -0.820. The van der Waals surface area contributed by atoms with Crippen LogP contribution in [-0.2, 0) is 0 Å². The van der Waals surface area contributed by atoms with E-state index in [1.54, 1.807) is 4.90 Å². The number of rotatable bonds is 2. The SMILES string of the molecule is CC1(C)CN(C(=O)c2cccn2C2CC2)C[C@@]1(C)O. The summed E-state index contributed by atoms with van der Waals surface area (Å²) < 4.78 is 2.09. The van der Waals surface area contributed by atoms with Gasteiger partial charge in [-0.1, -0.05) is 13.8 Å². The number of amides is 1. The molecule has 2 fully saturated rings. The molecule has 4 nitrogen and oxygen atoms in total. The molecule has 0 spiro atoms. The first-order chi connectivity index (χ1) is 8.82. The molecule has 1 aromatic heterocycles. The molecule has 2 aliphatic rings. The van der Waals surface area contributed by atoms with Gasteiger partial charge in [-0.25, -0.2) is 0 Å². The molecule has 19 heavy (non-hydrogen) atoms. The van der Waals surface area contributed by atoms with Crippen molar-refractivity contribution in [2.45, 2.75) is 45.3 Å². The van der Waals surface area contributed by atoms with Crippen molar-refractivity contribution in [3.8, 4) is 0 Å². The summed E-state index contributed by atoms with van der Waals surface area (Å²) in [7, 11) is 0. The number of hydrogen-bond donors (Lipinski definition) is 1. The van der Waals surface area contributed by atoms with Crippen LogP contribution in [0.5, 0.6) is 0 Å². The maximum Gasteiger partial charge on any atom is 0.270 e. The van der Waals surface area contributed by atoms with E-state index in [-0.39, 0.29) is 11.3 Å². The molecule has 4 heteroatoms. The number of β-amino-alcohol motifs (C(OH)–C–C–N with tert-alkyl or cyclic N) is 1. The Morgan fingerprint density at radius 2 is 2.00 bits per heavy atom. The van der Waals surface area contributed by atoms with Gasteiger partial charge in [0.25, 0.3) is 5.91 Å². The van der Waals surface area contributed by atoms with E-state index in [1.807, 2.05) is 39.1 Å². The van der Waals surface area contributed by atoms with Crippen LogP contribution in [0.2, 0.25) is 0 Å². The summed E-state index contributed by atoms with van der Waals surface area (Å²) in [6, 6.07) is 4.33. The Morgan fingerprint density at radius 1 is 1.32 bits per heavy atom. The van der Waals surface area contributed by atoms with E-state index >= 15 is 0 Å². The van der Waals surface area contributed by atoms with Crippen LogP contribution in [0.15, 0.2) is 18.3 Å². The highest BCUT2D eigenvalue weighted by Crippen LogP contribution is 2.40. The van der Waals surface area contributed by atoms with E-state index in [4.69, 9.17) is 0 Å². The molecule has 3 rings (SSSR count). The lowest BCUT2D eigenvalue weighted by atomic mass is 9.79. The van der Waals surface area contributed by atoms with E-state index < -0.39 is 5.60 Å². The highest BCUT2D eigenvalue weighted by Gasteiger charge is 2.49. The molecule has 0 aromatic carbocycles. The molecule has 0 unspecified atom stereocenters. The highest BCUT2D eigenvalue weighted by atomic mass is 16.3. The van der Waals surface area contributed by atoms with Crippen LogP contribution in [0, 0.1) is 5.41 Å². The third kappa shape index (κ3) is 1.98. The van der Waals surface area contributed by atoms with Crippen molar-refractivity contribution < 1.29 is 9.90 Å². The lowest BCUT2D eigenvalue weighted by Gasteiger charge is -2.30. The third-order valence-corrected chi connectivity index (χ3v) is 4.77. The van der Waals surface area contributed by atoms with Crippen LogP contribution >= 0.6 is 0 Å². The summed E-state index contributed by atoms with van der Waals surface area (Å²) in [6.07, 6.45) is 4.32. The van der Waals surface area contributed by atoms with Crippen molar-refractivity contribution in [3.63, 3.8) is 0 Å². The molecule has 1 atom stereocenters. The molecular formula is C15H22N2O2. The van der Waals surface area contributed by atoms with Gasteiger partial charge in [0.15, 0.2) is 0 Å². The second kappa shape index (κ2) is 3.85. The van der Waals surface area contributed by atoms with Crippen LogP contribution in [0.3, 0.4) is 0 Å². The molecule has 1 aliphatic heterocycles. The van der Waals surface area contributed by atoms with E-state index in [9.17, 15) is 9.90 Å². The van der Waals surface area contributed by atoms with E-state index in [0.29, 0.717) is 19.1 Å². The number of hydrogen-bond acceptors (Lipinski definition) is 2.